The van der Waals surface area contributed by atoms with Crippen LogP contribution in [0.15, 0.2) is 10.8 Å². The van der Waals surface area contributed by atoms with E-state index < -0.39 is 0 Å². The molecule has 0 amide bonds. The summed E-state index contributed by atoms with van der Waals surface area (Å²) < 4.78 is 0.940. The lowest BCUT2D eigenvalue weighted by molar-refractivity contribution is 0.435. The standard InChI is InChI=1S/C14H23BrN4/c1-4-7-16-13-12(15)14(18-8-17-13)19-11-6-5-9(2)10(11)3/h8-11H,4-7H2,1-3H3,(H2,16,17,18,19). The van der Waals surface area contributed by atoms with E-state index in [1.165, 1.54) is 12.8 Å². The molecule has 1 fully saturated rings. The summed E-state index contributed by atoms with van der Waals surface area (Å²) >= 11 is 3.60. The molecule has 0 aliphatic heterocycles. The number of rotatable bonds is 5. The Morgan fingerprint density at radius 2 is 2.00 bits per heavy atom. The van der Waals surface area contributed by atoms with Crippen LogP contribution in [0.3, 0.4) is 0 Å². The molecule has 4 nitrogen and oxygen atoms in total. The van der Waals surface area contributed by atoms with Gasteiger partial charge in [-0.2, -0.15) is 0 Å². The van der Waals surface area contributed by atoms with Gasteiger partial charge < -0.3 is 10.6 Å². The molecule has 1 heterocycles. The summed E-state index contributed by atoms with van der Waals surface area (Å²) in [5.74, 6) is 3.25. The zero-order valence-electron chi connectivity index (χ0n) is 11.9. The Kier molecular flexibility index (Phi) is 5.02. The molecule has 0 spiro atoms. The molecular formula is C14H23BrN4. The van der Waals surface area contributed by atoms with Crippen molar-refractivity contribution in [3.8, 4) is 0 Å². The average Bonchev–Trinajstić information content (AvgIpc) is 2.72. The lowest BCUT2D eigenvalue weighted by Gasteiger charge is -2.21. The van der Waals surface area contributed by atoms with E-state index in [4.69, 9.17) is 0 Å². The second-order valence-electron chi connectivity index (χ2n) is 5.48. The van der Waals surface area contributed by atoms with E-state index in [2.05, 4.69) is 57.3 Å². The first-order chi connectivity index (χ1) is 9.13. The molecule has 1 aromatic rings. The van der Waals surface area contributed by atoms with Crippen molar-refractivity contribution in [3.63, 3.8) is 0 Å². The maximum Gasteiger partial charge on any atom is 0.146 e. The minimum Gasteiger partial charge on any atom is -0.369 e. The summed E-state index contributed by atoms with van der Waals surface area (Å²) in [6.45, 7) is 7.71. The maximum absolute atomic E-state index is 4.36. The van der Waals surface area contributed by atoms with Crippen molar-refractivity contribution < 1.29 is 0 Å². The molecule has 1 aromatic heterocycles. The van der Waals surface area contributed by atoms with Crippen molar-refractivity contribution in [1.29, 1.82) is 0 Å². The van der Waals surface area contributed by atoms with Crippen LogP contribution < -0.4 is 10.6 Å². The second kappa shape index (κ2) is 6.55. The van der Waals surface area contributed by atoms with Gasteiger partial charge in [-0.05, 0) is 47.0 Å². The lowest BCUT2D eigenvalue weighted by atomic mass is 9.98. The third-order valence-electron chi connectivity index (χ3n) is 4.12. The smallest absolute Gasteiger partial charge is 0.146 e. The zero-order chi connectivity index (χ0) is 13.8. The lowest BCUT2D eigenvalue weighted by Crippen LogP contribution is -2.25. The van der Waals surface area contributed by atoms with E-state index in [0.717, 1.165) is 35.0 Å². The molecule has 0 aromatic carbocycles. The molecule has 2 N–H and O–H groups in total. The highest BCUT2D eigenvalue weighted by Gasteiger charge is 2.30. The summed E-state index contributed by atoms with van der Waals surface area (Å²) in [6.07, 6.45) is 5.21. The molecule has 0 saturated heterocycles. The highest BCUT2D eigenvalue weighted by Crippen LogP contribution is 2.35. The van der Waals surface area contributed by atoms with Crippen LogP contribution in [-0.4, -0.2) is 22.6 Å². The first kappa shape index (κ1) is 14.6. The van der Waals surface area contributed by atoms with Gasteiger partial charge in [-0.15, -0.1) is 0 Å². The minimum absolute atomic E-state index is 0.514. The van der Waals surface area contributed by atoms with Gasteiger partial charge in [0.2, 0.25) is 0 Å². The number of hydrogen-bond acceptors (Lipinski definition) is 4. The Morgan fingerprint density at radius 3 is 2.63 bits per heavy atom. The van der Waals surface area contributed by atoms with Crippen molar-refractivity contribution in [2.75, 3.05) is 17.2 Å². The SMILES string of the molecule is CCCNc1ncnc(NC2CCC(C)C2C)c1Br. The molecule has 2 rings (SSSR count). The number of hydrogen-bond donors (Lipinski definition) is 2. The zero-order valence-corrected chi connectivity index (χ0v) is 13.5. The minimum atomic E-state index is 0.514. The molecule has 1 saturated carbocycles. The fraction of sp³-hybridized carbons (Fsp3) is 0.714. The molecule has 5 heteroatoms. The van der Waals surface area contributed by atoms with Gasteiger partial charge in [0, 0.05) is 12.6 Å². The number of aromatic nitrogens is 2. The van der Waals surface area contributed by atoms with Crippen molar-refractivity contribution in [3.05, 3.63) is 10.8 Å². The second-order valence-corrected chi connectivity index (χ2v) is 6.27. The third kappa shape index (κ3) is 3.38. The van der Waals surface area contributed by atoms with Gasteiger partial charge in [-0.25, -0.2) is 9.97 Å². The van der Waals surface area contributed by atoms with Crippen molar-refractivity contribution in [2.45, 2.75) is 46.1 Å². The highest BCUT2D eigenvalue weighted by atomic mass is 79.9. The van der Waals surface area contributed by atoms with Gasteiger partial charge in [-0.1, -0.05) is 20.8 Å². The predicted molar refractivity (Wildman–Crippen MR) is 83.5 cm³/mol. The first-order valence-corrected chi connectivity index (χ1v) is 7.93. The Bertz CT molecular complexity index is 424. The molecule has 1 aliphatic carbocycles. The van der Waals surface area contributed by atoms with Crippen molar-refractivity contribution >= 4 is 27.6 Å². The number of halogens is 1. The van der Waals surface area contributed by atoms with Crippen LogP contribution in [0.25, 0.3) is 0 Å². The molecule has 0 radical (unpaired) electrons. The maximum atomic E-state index is 4.36. The van der Waals surface area contributed by atoms with E-state index >= 15 is 0 Å². The molecule has 1 aliphatic rings. The predicted octanol–water partition coefficient (Wildman–Crippen LogP) is 3.91. The van der Waals surface area contributed by atoms with Crippen LogP contribution in [0.1, 0.15) is 40.0 Å². The monoisotopic (exact) mass is 326 g/mol. The fourth-order valence-corrected chi connectivity index (χ4v) is 3.04. The van der Waals surface area contributed by atoms with Crippen LogP contribution in [-0.2, 0) is 0 Å². The van der Waals surface area contributed by atoms with E-state index in [1.54, 1.807) is 6.33 Å². The number of nitrogens with one attached hydrogen (secondary N) is 2. The van der Waals surface area contributed by atoms with E-state index in [-0.39, 0.29) is 0 Å². The van der Waals surface area contributed by atoms with Crippen LogP contribution in [0.5, 0.6) is 0 Å². The van der Waals surface area contributed by atoms with Gasteiger partial charge in [0.15, 0.2) is 0 Å². The van der Waals surface area contributed by atoms with Gasteiger partial charge in [0.1, 0.15) is 22.4 Å². The van der Waals surface area contributed by atoms with Gasteiger partial charge in [0.05, 0.1) is 0 Å². The Morgan fingerprint density at radius 1 is 1.26 bits per heavy atom. The Balaban J connectivity index is 2.08. The van der Waals surface area contributed by atoms with E-state index in [1.807, 2.05) is 0 Å². The highest BCUT2D eigenvalue weighted by molar-refractivity contribution is 9.10. The van der Waals surface area contributed by atoms with E-state index in [0.29, 0.717) is 12.0 Å². The summed E-state index contributed by atoms with van der Waals surface area (Å²) in [5, 5.41) is 6.88. The van der Waals surface area contributed by atoms with Crippen LogP contribution in [0, 0.1) is 11.8 Å². The summed E-state index contributed by atoms with van der Waals surface area (Å²) in [5.41, 5.74) is 0. The molecule has 3 unspecified atom stereocenters. The third-order valence-corrected chi connectivity index (χ3v) is 4.87. The Labute approximate surface area is 123 Å². The van der Waals surface area contributed by atoms with Crippen molar-refractivity contribution in [2.24, 2.45) is 11.8 Å². The normalized spacial score (nSPS) is 26.4. The number of anilines is 2. The Hall–Kier alpha value is -0.840. The van der Waals surface area contributed by atoms with Gasteiger partial charge >= 0.3 is 0 Å². The van der Waals surface area contributed by atoms with Gasteiger partial charge in [0.25, 0.3) is 0 Å². The van der Waals surface area contributed by atoms with Crippen LogP contribution in [0.4, 0.5) is 11.6 Å². The van der Waals surface area contributed by atoms with E-state index in [9.17, 15) is 0 Å². The first-order valence-electron chi connectivity index (χ1n) is 7.14. The van der Waals surface area contributed by atoms with Crippen molar-refractivity contribution in [1.82, 2.24) is 9.97 Å². The van der Waals surface area contributed by atoms with Gasteiger partial charge in [-0.3, -0.25) is 0 Å². The quantitative estimate of drug-likeness (QED) is 0.861. The number of nitrogens with zero attached hydrogens (tertiary/aromatic N) is 2. The fourth-order valence-electron chi connectivity index (χ4n) is 2.58. The summed E-state index contributed by atoms with van der Waals surface area (Å²) in [7, 11) is 0. The topological polar surface area (TPSA) is 49.8 Å². The summed E-state index contributed by atoms with van der Waals surface area (Å²) in [4.78, 5) is 8.64. The molecule has 106 valence electrons. The average molecular weight is 327 g/mol. The van der Waals surface area contributed by atoms with Crippen LogP contribution in [0.2, 0.25) is 0 Å². The van der Waals surface area contributed by atoms with Crippen LogP contribution >= 0.6 is 15.9 Å². The molecule has 0 bridgehead atoms. The largest absolute Gasteiger partial charge is 0.369 e. The molecule has 19 heavy (non-hydrogen) atoms. The molecule has 3 atom stereocenters. The molecular weight excluding hydrogens is 304 g/mol. The summed E-state index contributed by atoms with van der Waals surface area (Å²) in [6, 6.07) is 0.514.